The molecule has 0 bridgehead atoms. The highest BCUT2D eigenvalue weighted by molar-refractivity contribution is 5.40. The molecule has 0 aromatic heterocycles. The first-order chi connectivity index (χ1) is 6.31. The standard InChI is InChI=1S/C10H15NO2.ClH/c1-12-9-3-4-10(13-2)8(7-9)5-6-11;/h3-4,7H,5-6,11H2,1-2H3;1H/p-1. The van der Waals surface area contributed by atoms with Crippen LogP contribution in [0.2, 0.25) is 0 Å². The van der Waals surface area contributed by atoms with Gasteiger partial charge in [0.15, 0.2) is 0 Å². The van der Waals surface area contributed by atoms with Crippen LogP contribution in [0, 0.1) is 0 Å². The second-order valence-corrected chi connectivity index (χ2v) is 2.72. The zero-order valence-corrected chi connectivity index (χ0v) is 9.17. The lowest BCUT2D eigenvalue weighted by molar-refractivity contribution is -0.00000341. The Labute approximate surface area is 90.6 Å². The predicted octanol–water partition coefficient (Wildman–Crippen LogP) is -1.79. The summed E-state index contributed by atoms with van der Waals surface area (Å²) >= 11 is 0. The van der Waals surface area contributed by atoms with E-state index in [9.17, 15) is 0 Å². The van der Waals surface area contributed by atoms with Gasteiger partial charge >= 0.3 is 0 Å². The molecular formula is C10H15ClNO2-. The number of rotatable bonds is 4. The Kier molecular flexibility index (Phi) is 6.08. The van der Waals surface area contributed by atoms with Crippen LogP contribution in [0.4, 0.5) is 0 Å². The van der Waals surface area contributed by atoms with E-state index < -0.39 is 0 Å². The van der Waals surface area contributed by atoms with E-state index in [1.165, 1.54) is 0 Å². The van der Waals surface area contributed by atoms with Crippen LogP contribution in [0.15, 0.2) is 18.2 Å². The summed E-state index contributed by atoms with van der Waals surface area (Å²) in [5, 5.41) is 0. The van der Waals surface area contributed by atoms with Gasteiger partial charge in [-0.15, -0.1) is 0 Å². The third-order valence-electron chi connectivity index (χ3n) is 1.90. The van der Waals surface area contributed by atoms with Gasteiger partial charge in [-0.05, 0) is 36.7 Å². The Morgan fingerprint density at radius 3 is 2.43 bits per heavy atom. The number of hydrogen-bond donors (Lipinski definition) is 1. The minimum absolute atomic E-state index is 0. The van der Waals surface area contributed by atoms with Crippen molar-refractivity contribution in [1.82, 2.24) is 0 Å². The molecule has 0 spiro atoms. The van der Waals surface area contributed by atoms with E-state index in [1.807, 2.05) is 18.2 Å². The maximum atomic E-state index is 5.48. The van der Waals surface area contributed by atoms with Gasteiger partial charge in [-0.25, -0.2) is 0 Å². The SMILES string of the molecule is COc1ccc(OC)c(CCN)c1.[Cl-]. The molecule has 0 atom stereocenters. The number of halogens is 1. The minimum Gasteiger partial charge on any atom is -1.00 e. The summed E-state index contributed by atoms with van der Waals surface area (Å²) in [5.41, 5.74) is 6.57. The summed E-state index contributed by atoms with van der Waals surface area (Å²) in [6.07, 6.45) is 0.806. The van der Waals surface area contributed by atoms with Crippen LogP contribution < -0.4 is 27.6 Å². The molecule has 0 aliphatic carbocycles. The van der Waals surface area contributed by atoms with Crippen LogP contribution in [0.5, 0.6) is 11.5 Å². The molecule has 1 aromatic carbocycles. The summed E-state index contributed by atoms with van der Waals surface area (Å²) in [6, 6.07) is 5.72. The Balaban J connectivity index is 0.00000169. The van der Waals surface area contributed by atoms with Crippen molar-refractivity contribution >= 4 is 0 Å². The smallest absolute Gasteiger partial charge is 0.122 e. The third-order valence-corrected chi connectivity index (χ3v) is 1.90. The molecule has 2 N–H and O–H groups in total. The quantitative estimate of drug-likeness (QED) is 0.647. The van der Waals surface area contributed by atoms with E-state index in [0.29, 0.717) is 6.54 Å². The van der Waals surface area contributed by atoms with Gasteiger partial charge in [0.05, 0.1) is 14.2 Å². The van der Waals surface area contributed by atoms with Crippen molar-refractivity contribution in [2.24, 2.45) is 5.73 Å². The fourth-order valence-electron chi connectivity index (χ4n) is 1.23. The summed E-state index contributed by atoms with van der Waals surface area (Å²) in [5.74, 6) is 1.70. The van der Waals surface area contributed by atoms with E-state index in [4.69, 9.17) is 15.2 Å². The molecule has 0 unspecified atom stereocenters. The van der Waals surface area contributed by atoms with Crippen LogP contribution >= 0.6 is 0 Å². The lowest BCUT2D eigenvalue weighted by Crippen LogP contribution is -3.00. The molecule has 1 rings (SSSR count). The highest BCUT2D eigenvalue weighted by atomic mass is 35.5. The van der Waals surface area contributed by atoms with Crippen molar-refractivity contribution < 1.29 is 21.9 Å². The van der Waals surface area contributed by atoms with Gasteiger partial charge in [0.1, 0.15) is 11.5 Å². The van der Waals surface area contributed by atoms with Crippen molar-refractivity contribution in [3.63, 3.8) is 0 Å². The van der Waals surface area contributed by atoms with Gasteiger partial charge in [0.2, 0.25) is 0 Å². The maximum Gasteiger partial charge on any atom is 0.122 e. The van der Waals surface area contributed by atoms with Crippen molar-refractivity contribution in [2.75, 3.05) is 20.8 Å². The molecule has 1 aromatic rings. The molecule has 4 heteroatoms. The highest BCUT2D eigenvalue weighted by Gasteiger charge is 2.03. The lowest BCUT2D eigenvalue weighted by atomic mass is 10.1. The van der Waals surface area contributed by atoms with Gasteiger partial charge in [0.25, 0.3) is 0 Å². The molecule has 0 fully saturated rings. The number of hydrogen-bond acceptors (Lipinski definition) is 3. The highest BCUT2D eigenvalue weighted by Crippen LogP contribution is 2.23. The van der Waals surface area contributed by atoms with E-state index in [2.05, 4.69) is 0 Å². The predicted molar refractivity (Wildman–Crippen MR) is 52.3 cm³/mol. The van der Waals surface area contributed by atoms with Gasteiger partial charge in [-0.3, -0.25) is 0 Å². The fourth-order valence-corrected chi connectivity index (χ4v) is 1.23. The van der Waals surface area contributed by atoms with Crippen LogP contribution in [0.1, 0.15) is 5.56 Å². The summed E-state index contributed by atoms with van der Waals surface area (Å²) in [7, 11) is 3.30. The number of ether oxygens (including phenoxy) is 2. The van der Waals surface area contributed by atoms with Gasteiger partial charge < -0.3 is 27.6 Å². The molecule has 0 saturated carbocycles. The largest absolute Gasteiger partial charge is 1.00 e. The second-order valence-electron chi connectivity index (χ2n) is 2.72. The fraction of sp³-hybridized carbons (Fsp3) is 0.400. The average Bonchev–Trinajstić information content (AvgIpc) is 2.18. The molecule has 0 radical (unpaired) electrons. The van der Waals surface area contributed by atoms with Gasteiger partial charge in [-0.1, -0.05) is 0 Å². The molecule has 0 aliphatic rings. The third kappa shape index (κ3) is 3.09. The van der Waals surface area contributed by atoms with Crippen molar-refractivity contribution in [3.8, 4) is 11.5 Å². The maximum absolute atomic E-state index is 5.48. The zero-order valence-electron chi connectivity index (χ0n) is 8.42. The Morgan fingerprint density at radius 2 is 1.93 bits per heavy atom. The van der Waals surface area contributed by atoms with Crippen LogP contribution in [0.3, 0.4) is 0 Å². The molecule has 14 heavy (non-hydrogen) atoms. The van der Waals surface area contributed by atoms with Crippen LogP contribution in [-0.2, 0) is 6.42 Å². The first-order valence-electron chi connectivity index (χ1n) is 4.22. The van der Waals surface area contributed by atoms with Crippen molar-refractivity contribution in [3.05, 3.63) is 23.8 Å². The Morgan fingerprint density at radius 1 is 1.21 bits per heavy atom. The monoisotopic (exact) mass is 216 g/mol. The molecule has 3 nitrogen and oxygen atoms in total. The van der Waals surface area contributed by atoms with Gasteiger partial charge in [-0.2, -0.15) is 0 Å². The summed E-state index contributed by atoms with van der Waals surface area (Å²) in [4.78, 5) is 0. The topological polar surface area (TPSA) is 44.5 Å². The second kappa shape index (κ2) is 6.51. The van der Waals surface area contributed by atoms with Crippen LogP contribution in [-0.4, -0.2) is 20.8 Å². The van der Waals surface area contributed by atoms with Crippen LogP contribution in [0.25, 0.3) is 0 Å². The van der Waals surface area contributed by atoms with Gasteiger partial charge in [0, 0.05) is 0 Å². The Bertz CT molecular complexity index is 279. The van der Waals surface area contributed by atoms with E-state index in [1.54, 1.807) is 14.2 Å². The number of methoxy groups -OCH3 is 2. The normalized spacial score (nSPS) is 9.07. The average molecular weight is 217 g/mol. The van der Waals surface area contributed by atoms with E-state index >= 15 is 0 Å². The molecule has 0 amide bonds. The summed E-state index contributed by atoms with van der Waals surface area (Å²) in [6.45, 7) is 0.615. The lowest BCUT2D eigenvalue weighted by Gasteiger charge is -2.08. The number of nitrogens with two attached hydrogens (primary N) is 1. The van der Waals surface area contributed by atoms with Crippen molar-refractivity contribution in [2.45, 2.75) is 6.42 Å². The van der Waals surface area contributed by atoms with E-state index in [0.717, 1.165) is 23.5 Å². The van der Waals surface area contributed by atoms with Crippen molar-refractivity contribution in [1.29, 1.82) is 0 Å². The first kappa shape index (κ1) is 13.1. The minimum atomic E-state index is 0. The zero-order chi connectivity index (χ0) is 9.68. The molecule has 0 heterocycles. The first-order valence-corrected chi connectivity index (χ1v) is 4.22. The van der Waals surface area contributed by atoms with E-state index in [-0.39, 0.29) is 12.4 Å². The molecular weight excluding hydrogens is 202 g/mol. The molecule has 0 saturated heterocycles. The molecule has 80 valence electrons. The summed E-state index contributed by atoms with van der Waals surface area (Å²) < 4.78 is 10.3. The molecule has 0 aliphatic heterocycles. The Hall–Kier alpha value is -0.930. The number of benzene rings is 1.